The van der Waals surface area contributed by atoms with Crippen molar-refractivity contribution >= 4 is 5.96 Å². The summed E-state index contributed by atoms with van der Waals surface area (Å²) in [5.41, 5.74) is 1.26. The monoisotopic (exact) mass is 405 g/mol. The lowest BCUT2D eigenvalue weighted by Crippen LogP contribution is -2.42. The zero-order valence-corrected chi connectivity index (χ0v) is 17.7. The lowest BCUT2D eigenvalue weighted by molar-refractivity contribution is 0.0203. The number of nitrogens with zero attached hydrogens (tertiary/aromatic N) is 1. The van der Waals surface area contributed by atoms with E-state index < -0.39 is 0 Å². The third-order valence-corrected chi connectivity index (χ3v) is 6.10. The molecule has 1 heterocycles. The van der Waals surface area contributed by atoms with Crippen LogP contribution >= 0.6 is 0 Å². The molecular weight excluding hydrogens is 369 g/mol. The third-order valence-electron chi connectivity index (χ3n) is 6.10. The lowest BCUT2D eigenvalue weighted by Gasteiger charge is -2.41. The summed E-state index contributed by atoms with van der Waals surface area (Å²) in [5.74, 6) is 1.33. The number of hydrogen-bond acceptors (Lipinski definition) is 3. The quantitative estimate of drug-likeness (QED) is 0.355. The van der Waals surface area contributed by atoms with Crippen molar-refractivity contribution in [1.29, 1.82) is 0 Å². The summed E-state index contributed by atoms with van der Waals surface area (Å²) in [5, 5.41) is 6.75. The number of ether oxygens (including phenoxy) is 2. The highest BCUT2D eigenvalue weighted by Gasteiger charge is 2.38. The van der Waals surface area contributed by atoms with Crippen LogP contribution in [0.3, 0.4) is 0 Å². The zero-order valence-electron chi connectivity index (χ0n) is 17.7. The van der Waals surface area contributed by atoms with Gasteiger partial charge < -0.3 is 20.1 Å². The van der Waals surface area contributed by atoms with Crippen LogP contribution in [0.15, 0.2) is 29.3 Å². The van der Waals surface area contributed by atoms with Crippen molar-refractivity contribution in [3.05, 3.63) is 35.6 Å². The minimum atomic E-state index is -0.180. The van der Waals surface area contributed by atoms with E-state index in [-0.39, 0.29) is 11.2 Å². The van der Waals surface area contributed by atoms with Crippen molar-refractivity contribution in [2.75, 3.05) is 46.1 Å². The van der Waals surface area contributed by atoms with E-state index in [9.17, 15) is 4.39 Å². The van der Waals surface area contributed by atoms with Crippen LogP contribution < -0.4 is 10.6 Å². The molecule has 2 fully saturated rings. The standard InChI is InChI=1S/C23H36FN3O2/c1-2-25-22(26-13-4-14-29-17-19-9-15-28-16-10-19)27-18-23(11-3-12-23)20-5-7-21(24)8-6-20/h5-8,19H,2-4,9-18H2,1H3,(H2,25,26,27). The SMILES string of the molecule is CCNC(=NCC1(c2ccc(F)cc2)CCC1)NCCCOCC1CCOCC1. The zero-order chi connectivity index (χ0) is 20.4. The normalized spacial score (nSPS) is 19.6. The molecule has 1 saturated heterocycles. The van der Waals surface area contributed by atoms with Crippen LogP contribution in [-0.2, 0) is 14.9 Å². The van der Waals surface area contributed by atoms with E-state index in [1.54, 1.807) is 12.1 Å². The number of rotatable bonds is 10. The van der Waals surface area contributed by atoms with Crippen LogP contribution in [0.4, 0.5) is 4.39 Å². The average molecular weight is 406 g/mol. The molecule has 0 aromatic heterocycles. The summed E-state index contributed by atoms with van der Waals surface area (Å²) in [6.45, 7) is 7.83. The van der Waals surface area contributed by atoms with Crippen molar-refractivity contribution in [1.82, 2.24) is 10.6 Å². The van der Waals surface area contributed by atoms with Crippen LogP contribution in [0.1, 0.15) is 51.0 Å². The fourth-order valence-electron chi connectivity index (χ4n) is 4.06. The van der Waals surface area contributed by atoms with Gasteiger partial charge in [-0.2, -0.15) is 0 Å². The Morgan fingerprint density at radius 1 is 1.21 bits per heavy atom. The number of halogens is 1. The van der Waals surface area contributed by atoms with Gasteiger partial charge in [-0.25, -0.2) is 4.39 Å². The Morgan fingerprint density at radius 3 is 2.62 bits per heavy atom. The van der Waals surface area contributed by atoms with Crippen LogP contribution in [0, 0.1) is 11.7 Å². The topological polar surface area (TPSA) is 54.9 Å². The van der Waals surface area contributed by atoms with Crippen molar-refractivity contribution in [3.8, 4) is 0 Å². The van der Waals surface area contributed by atoms with Crippen LogP contribution in [-0.4, -0.2) is 52.0 Å². The molecule has 1 aromatic carbocycles. The molecule has 0 radical (unpaired) electrons. The Kier molecular flexibility index (Phi) is 8.74. The van der Waals surface area contributed by atoms with Gasteiger partial charge in [-0.15, -0.1) is 0 Å². The summed E-state index contributed by atoms with van der Waals surface area (Å²) in [6, 6.07) is 6.95. The molecular formula is C23H36FN3O2. The van der Waals surface area contributed by atoms with Crippen LogP contribution in [0.2, 0.25) is 0 Å². The van der Waals surface area contributed by atoms with Gasteiger partial charge in [-0.05, 0) is 62.6 Å². The lowest BCUT2D eigenvalue weighted by atomic mass is 9.64. The Morgan fingerprint density at radius 2 is 1.97 bits per heavy atom. The smallest absolute Gasteiger partial charge is 0.191 e. The highest BCUT2D eigenvalue weighted by molar-refractivity contribution is 5.79. The Hall–Kier alpha value is -1.66. The van der Waals surface area contributed by atoms with Gasteiger partial charge in [0.15, 0.2) is 5.96 Å². The van der Waals surface area contributed by atoms with Crippen molar-refractivity contribution in [2.45, 2.75) is 50.9 Å². The molecule has 2 N–H and O–H groups in total. The molecule has 1 aliphatic heterocycles. The van der Waals surface area contributed by atoms with E-state index in [1.165, 1.54) is 12.0 Å². The summed E-state index contributed by atoms with van der Waals surface area (Å²) < 4.78 is 24.5. The van der Waals surface area contributed by atoms with E-state index in [4.69, 9.17) is 14.5 Å². The number of aliphatic imine (C=N–C) groups is 1. The Balaban J connectivity index is 1.41. The Labute approximate surface area is 174 Å². The van der Waals surface area contributed by atoms with Gasteiger partial charge in [0.25, 0.3) is 0 Å². The summed E-state index contributed by atoms with van der Waals surface area (Å²) in [6.07, 6.45) is 6.62. The molecule has 6 heteroatoms. The van der Waals surface area contributed by atoms with Gasteiger partial charge in [0.2, 0.25) is 0 Å². The minimum Gasteiger partial charge on any atom is -0.381 e. The van der Waals surface area contributed by atoms with E-state index in [1.807, 2.05) is 12.1 Å². The van der Waals surface area contributed by atoms with E-state index >= 15 is 0 Å². The van der Waals surface area contributed by atoms with Crippen molar-refractivity contribution in [2.24, 2.45) is 10.9 Å². The molecule has 5 nitrogen and oxygen atoms in total. The fourth-order valence-corrected chi connectivity index (χ4v) is 4.06. The molecule has 162 valence electrons. The number of hydrogen-bond donors (Lipinski definition) is 2. The summed E-state index contributed by atoms with van der Waals surface area (Å²) in [7, 11) is 0. The predicted octanol–water partition coefficient (Wildman–Crippen LogP) is 3.64. The first-order chi connectivity index (χ1) is 14.2. The van der Waals surface area contributed by atoms with E-state index in [0.717, 1.165) is 84.1 Å². The van der Waals surface area contributed by atoms with Gasteiger partial charge in [-0.3, -0.25) is 4.99 Å². The van der Waals surface area contributed by atoms with Gasteiger partial charge in [-0.1, -0.05) is 18.6 Å². The van der Waals surface area contributed by atoms with Gasteiger partial charge in [0.1, 0.15) is 5.82 Å². The van der Waals surface area contributed by atoms with E-state index in [2.05, 4.69) is 17.6 Å². The molecule has 0 amide bonds. The summed E-state index contributed by atoms with van der Waals surface area (Å²) >= 11 is 0. The number of nitrogens with one attached hydrogen (secondary N) is 2. The predicted molar refractivity (Wildman–Crippen MR) is 115 cm³/mol. The molecule has 29 heavy (non-hydrogen) atoms. The number of guanidine groups is 1. The molecule has 2 aliphatic rings. The molecule has 1 aliphatic carbocycles. The van der Waals surface area contributed by atoms with Crippen LogP contribution in [0.25, 0.3) is 0 Å². The maximum Gasteiger partial charge on any atom is 0.191 e. The Bertz CT molecular complexity index is 626. The van der Waals surface area contributed by atoms with Gasteiger partial charge in [0.05, 0.1) is 6.54 Å². The minimum absolute atomic E-state index is 0.0584. The highest BCUT2D eigenvalue weighted by atomic mass is 19.1. The van der Waals surface area contributed by atoms with Crippen LogP contribution in [0.5, 0.6) is 0 Å². The summed E-state index contributed by atoms with van der Waals surface area (Å²) in [4.78, 5) is 4.84. The first-order valence-electron chi connectivity index (χ1n) is 11.2. The second-order valence-corrected chi connectivity index (χ2v) is 8.25. The molecule has 0 atom stereocenters. The molecule has 3 rings (SSSR count). The second kappa shape index (κ2) is 11.5. The van der Waals surface area contributed by atoms with Gasteiger partial charge in [0, 0.05) is 44.9 Å². The fraction of sp³-hybridized carbons (Fsp3) is 0.696. The van der Waals surface area contributed by atoms with Gasteiger partial charge >= 0.3 is 0 Å². The molecule has 1 aromatic rings. The molecule has 0 unspecified atom stereocenters. The second-order valence-electron chi connectivity index (χ2n) is 8.25. The van der Waals surface area contributed by atoms with Crippen molar-refractivity contribution < 1.29 is 13.9 Å². The first kappa shape index (κ1) is 22.0. The molecule has 1 saturated carbocycles. The van der Waals surface area contributed by atoms with E-state index in [0.29, 0.717) is 5.92 Å². The molecule has 0 bridgehead atoms. The first-order valence-corrected chi connectivity index (χ1v) is 11.2. The highest BCUT2D eigenvalue weighted by Crippen LogP contribution is 2.44. The van der Waals surface area contributed by atoms with Crippen molar-refractivity contribution in [3.63, 3.8) is 0 Å². The largest absolute Gasteiger partial charge is 0.381 e. The average Bonchev–Trinajstić information content (AvgIpc) is 2.71. The number of benzene rings is 1. The maximum atomic E-state index is 13.3. The third kappa shape index (κ3) is 6.68. The maximum absolute atomic E-state index is 13.3. The molecule has 0 spiro atoms.